The van der Waals surface area contributed by atoms with Gasteiger partial charge in [0, 0.05) is 25.2 Å². The van der Waals surface area contributed by atoms with Gasteiger partial charge < -0.3 is 16.0 Å². The average molecular weight is 249 g/mol. The number of nitrogens with two attached hydrogens (primary N) is 1. The summed E-state index contributed by atoms with van der Waals surface area (Å²) < 4.78 is 0. The molecule has 0 fully saturated rings. The van der Waals surface area contributed by atoms with E-state index in [-0.39, 0.29) is 11.8 Å². The molecule has 1 aromatic carbocycles. The molecule has 0 radical (unpaired) electrons. The normalized spacial score (nSPS) is 12.4. The van der Waals surface area contributed by atoms with Gasteiger partial charge >= 0.3 is 0 Å². The van der Waals surface area contributed by atoms with Gasteiger partial charge in [-0.2, -0.15) is 0 Å². The Morgan fingerprint density at radius 1 is 1.33 bits per heavy atom. The fraction of sp³-hybridized carbons (Fsp3) is 0.500. The quantitative estimate of drug-likeness (QED) is 0.750. The van der Waals surface area contributed by atoms with Gasteiger partial charge in [-0.3, -0.25) is 4.79 Å². The minimum atomic E-state index is 0.0983. The maximum absolute atomic E-state index is 11.7. The van der Waals surface area contributed by atoms with Gasteiger partial charge in [0.2, 0.25) is 5.91 Å². The van der Waals surface area contributed by atoms with E-state index in [0.717, 1.165) is 17.8 Å². The van der Waals surface area contributed by atoms with Crippen molar-refractivity contribution in [1.29, 1.82) is 0 Å². The first-order valence-electron chi connectivity index (χ1n) is 6.26. The van der Waals surface area contributed by atoms with E-state index in [1.165, 1.54) is 0 Å². The number of nitrogens with one attached hydrogen (secondary N) is 1. The molecule has 4 nitrogen and oxygen atoms in total. The number of rotatable bonds is 6. The molecule has 1 aromatic rings. The van der Waals surface area contributed by atoms with E-state index < -0.39 is 0 Å². The van der Waals surface area contributed by atoms with Crippen LogP contribution in [-0.4, -0.2) is 38.0 Å². The number of benzene rings is 1. The number of anilines is 1. The molecule has 0 heterocycles. The molecule has 0 aromatic heterocycles. The monoisotopic (exact) mass is 249 g/mol. The van der Waals surface area contributed by atoms with Gasteiger partial charge in [-0.25, -0.2) is 0 Å². The molecule has 1 amide bonds. The summed E-state index contributed by atoms with van der Waals surface area (Å²) in [5, 5.41) is 2.92. The summed E-state index contributed by atoms with van der Waals surface area (Å²) in [5.41, 5.74) is 7.53. The Morgan fingerprint density at radius 3 is 2.50 bits per heavy atom. The Hall–Kier alpha value is -1.55. The van der Waals surface area contributed by atoms with Crippen molar-refractivity contribution in [2.45, 2.75) is 19.3 Å². The molecule has 0 aliphatic carbocycles. The number of amides is 1. The molecule has 0 bridgehead atoms. The second-order valence-corrected chi connectivity index (χ2v) is 4.93. The van der Waals surface area contributed by atoms with Crippen LogP contribution in [0.25, 0.3) is 0 Å². The maximum atomic E-state index is 11.7. The first kappa shape index (κ1) is 14.5. The zero-order valence-electron chi connectivity index (χ0n) is 11.4. The summed E-state index contributed by atoms with van der Waals surface area (Å²) in [6.07, 6.45) is 0.511. The van der Waals surface area contributed by atoms with Crippen molar-refractivity contribution in [3.05, 3.63) is 29.8 Å². The van der Waals surface area contributed by atoms with Gasteiger partial charge in [-0.05, 0) is 37.7 Å². The molecule has 1 rings (SSSR count). The van der Waals surface area contributed by atoms with Crippen molar-refractivity contribution in [3.63, 3.8) is 0 Å². The van der Waals surface area contributed by atoms with Gasteiger partial charge in [0.05, 0.1) is 0 Å². The van der Waals surface area contributed by atoms with E-state index >= 15 is 0 Å². The van der Waals surface area contributed by atoms with Crippen LogP contribution in [0, 0.1) is 0 Å². The van der Waals surface area contributed by atoms with Gasteiger partial charge in [0.15, 0.2) is 0 Å². The van der Waals surface area contributed by atoms with E-state index in [0.29, 0.717) is 13.0 Å². The number of carbonyl (C=O) groups is 1. The first-order valence-corrected chi connectivity index (χ1v) is 6.26. The predicted molar refractivity (Wildman–Crippen MR) is 75.5 cm³/mol. The lowest BCUT2D eigenvalue weighted by atomic mass is 9.97. The molecule has 0 saturated carbocycles. The third-order valence-electron chi connectivity index (χ3n) is 2.88. The Kier molecular flexibility index (Phi) is 5.65. The topological polar surface area (TPSA) is 58.4 Å². The van der Waals surface area contributed by atoms with Gasteiger partial charge in [-0.15, -0.1) is 0 Å². The van der Waals surface area contributed by atoms with Crippen LogP contribution in [0.3, 0.4) is 0 Å². The highest BCUT2D eigenvalue weighted by molar-refractivity contribution is 5.76. The van der Waals surface area contributed by atoms with E-state index in [1.54, 1.807) is 0 Å². The molecule has 0 spiro atoms. The Bertz CT molecular complexity index is 373. The van der Waals surface area contributed by atoms with Crippen molar-refractivity contribution < 1.29 is 4.79 Å². The first-order chi connectivity index (χ1) is 8.49. The number of hydrogen-bond donors (Lipinski definition) is 2. The fourth-order valence-electron chi connectivity index (χ4n) is 1.71. The zero-order chi connectivity index (χ0) is 13.5. The van der Waals surface area contributed by atoms with Crippen LogP contribution in [-0.2, 0) is 4.79 Å². The largest absolute Gasteiger partial charge is 0.399 e. The lowest BCUT2D eigenvalue weighted by molar-refractivity contribution is -0.121. The molecule has 0 aliphatic heterocycles. The summed E-state index contributed by atoms with van der Waals surface area (Å²) >= 11 is 0. The second kappa shape index (κ2) is 7.01. The van der Waals surface area contributed by atoms with E-state index in [9.17, 15) is 4.79 Å². The summed E-state index contributed by atoms with van der Waals surface area (Å²) in [5.74, 6) is 0.311. The van der Waals surface area contributed by atoms with E-state index in [2.05, 4.69) is 12.2 Å². The van der Waals surface area contributed by atoms with Crippen molar-refractivity contribution in [3.8, 4) is 0 Å². The lowest BCUT2D eigenvalue weighted by Crippen LogP contribution is -2.31. The highest BCUT2D eigenvalue weighted by Gasteiger charge is 2.10. The molecule has 0 aliphatic rings. The summed E-state index contributed by atoms with van der Waals surface area (Å²) in [4.78, 5) is 13.8. The molecule has 1 unspecified atom stereocenters. The van der Waals surface area contributed by atoms with E-state index in [1.807, 2.05) is 43.3 Å². The molecule has 18 heavy (non-hydrogen) atoms. The van der Waals surface area contributed by atoms with E-state index in [4.69, 9.17) is 5.73 Å². The van der Waals surface area contributed by atoms with Crippen LogP contribution in [0.4, 0.5) is 5.69 Å². The number of hydrogen-bond acceptors (Lipinski definition) is 3. The molecule has 4 heteroatoms. The molecular weight excluding hydrogens is 226 g/mol. The van der Waals surface area contributed by atoms with Crippen LogP contribution >= 0.6 is 0 Å². The summed E-state index contributed by atoms with van der Waals surface area (Å²) in [6, 6.07) is 7.70. The van der Waals surface area contributed by atoms with Gasteiger partial charge in [0.25, 0.3) is 0 Å². The Morgan fingerprint density at radius 2 is 1.94 bits per heavy atom. The van der Waals surface area contributed by atoms with Crippen LogP contribution < -0.4 is 11.1 Å². The summed E-state index contributed by atoms with van der Waals surface area (Å²) in [6.45, 7) is 3.61. The highest BCUT2D eigenvalue weighted by atomic mass is 16.1. The second-order valence-electron chi connectivity index (χ2n) is 4.93. The molecule has 1 atom stereocenters. The van der Waals surface area contributed by atoms with Crippen LogP contribution in [0.5, 0.6) is 0 Å². The van der Waals surface area contributed by atoms with Crippen LogP contribution in [0.2, 0.25) is 0 Å². The fourth-order valence-corrected chi connectivity index (χ4v) is 1.71. The molecule has 0 saturated heterocycles. The minimum Gasteiger partial charge on any atom is -0.399 e. The highest BCUT2D eigenvalue weighted by Crippen LogP contribution is 2.19. The lowest BCUT2D eigenvalue weighted by Gasteiger charge is -2.14. The number of nitrogen functional groups attached to an aromatic ring is 1. The SMILES string of the molecule is CC(CC(=O)NCCN(C)C)c1ccc(N)cc1. The van der Waals surface area contributed by atoms with Crippen LogP contribution in [0.1, 0.15) is 24.8 Å². The predicted octanol–water partition coefficient (Wildman–Crippen LogP) is 1.44. The average Bonchev–Trinajstić information content (AvgIpc) is 2.29. The summed E-state index contributed by atoms with van der Waals surface area (Å²) in [7, 11) is 3.98. The van der Waals surface area contributed by atoms with Crippen LogP contribution in [0.15, 0.2) is 24.3 Å². The third kappa shape index (κ3) is 5.19. The van der Waals surface area contributed by atoms with Crippen molar-refractivity contribution in [2.24, 2.45) is 0 Å². The number of carbonyl (C=O) groups excluding carboxylic acids is 1. The van der Waals surface area contributed by atoms with Crippen molar-refractivity contribution >= 4 is 11.6 Å². The van der Waals surface area contributed by atoms with Gasteiger partial charge in [-0.1, -0.05) is 19.1 Å². The third-order valence-corrected chi connectivity index (χ3v) is 2.88. The smallest absolute Gasteiger partial charge is 0.220 e. The Balaban J connectivity index is 2.37. The molecular formula is C14H23N3O. The Labute approximate surface area is 109 Å². The van der Waals surface area contributed by atoms with Gasteiger partial charge in [0.1, 0.15) is 0 Å². The molecule has 3 N–H and O–H groups in total. The molecule has 100 valence electrons. The number of likely N-dealkylation sites (N-methyl/N-ethyl adjacent to an activating group) is 1. The minimum absolute atomic E-state index is 0.0983. The maximum Gasteiger partial charge on any atom is 0.220 e. The standard InChI is InChI=1S/C14H23N3O/c1-11(12-4-6-13(15)7-5-12)10-14(18)16-8-9-17(2)3/h4-7,11H,8-10,15H2,1-3H3,(H,16,18). The van der Waals surface area contributed by atoms with Crippen molar-refractivity contribution in [1.82, 2.24) is 10.2 Å². The zero-order valence-corrected chi connectivity index (χ0v) is 11.4. The van der Waals surface area contributed by atoms with Crippen molar-refractivity contribution in [2.75, 3.05) is 32.9 Å². The number of nitrogens with zero attached hydrogens (tertiary/aromatic N) is 1.